The third kappa shape index (κ3) is 4.07. The van der Waals surface area contributed by atoms with E-state index in [1.165, 1.54) is 0 Å². The molecule has 21 heavy (non-hydrogen) atoms. The van der Waals surface area contributed by atoms with Gasteiger partial charge in [0.05, 0.1) is 17.1 Å². The highest BCUT2D eigenvalue weighted by atomic mass is 16.5. The van der Waals surface area contributed by atoms with Gasteiger partial charge in [-0.25, -0.2) is 4.98 Å². The van der Waals surface area contributed by atoms with Crippen LogP contribution in [0.2, 0.25) is 0 Å². The van der Waals surface area contributed by atoms with Crippen molar-refractivity contribution in [3.05, 3.63) is 23.8 Å². The highest BCUT2D eigenvalue weighted by Gasteiger charge is 2.10. The lowest BCUT2D eigenvalue weighted by Gasteiger charge is -2.09. The van der Waals surface area contributed by atoms with E-state index in [-0.39, 0.29) is 0 Å². The number of nitrogens with one attached hydrogen (secondary N) is 1. The van der Waals surface area contributed by atoms with Crippen LogP contribution in [0.3, 0.4) is 0 Å². The molecular weight excluding hydrogens is 266 g/mol. The van der Waals surface area contributed by atoms with Crippen LogP contribution in [0.15, 0.2) is 12.4 Å². The summed E-state index contributed by atoms with van der Waals surface area (Å²) in [5.74, 6) is 0.867. The van der Waals surface area contributed by atoms with E-state index < -0.39 is 0 Å². The zero-order valence-corrected chi connectivity index (χ0v) is 13.4. The minimum absolute atomic E-state index is 0.767. The number of aromatic nitrogens is 4. The van der Waals surface area contributed by atoms with Crippen molar-refractivity contribution in [1.82, 2.24) is 19.3 Å². The van der Waals surface area contributed by atoms with E-state index in [1.54, 1.807) is 0 Å². The van der Waals surface area contributed by atoms with E-state index in [0.29, 0.717) is 0 Å². The molecule has 0 spiro atoms. The molecule has 2 heterocycles. The number of anilines is 2. The summed E-state index contributed by atoms with van der Waals surface area (Å²) < 4.78 is 9.36. The minimum atomic E-state index is 0.767. The largest absolute Gasteiger partial charge is 0.382 e. The lowest BCUT2D eigenvalue weighted by Crippen LogP contribution is -2.06. The molecule has 116 valence electrons. The van der Waals surface area contributed by atoms with E-state index in [0.717, 1.165) is 55.6 Å². The topological polar surface area (TPSA) is 56.9 Å². The Morgan fingerprint density at radius 1 is 1.29 bits per heavy atom. The van der Waals surface area contributed by atoms with Crippen molar-refractivity contribution in [2.75, 3.05) is 18.5 Å². The van der Waals surface area contributed by atoms with Gasteiger partial charge >= 0.3 is 0 Å². The number of aryl methyl sites for hydroxylation is 4. The highest BCUT2D eigenvalue weighted by molar-refractivity contribution is 5.56. The first kappa shape index (κ1) is 15.6. The van der Waals surface area contributed by atoms with Gasteiger partial charge in [0.1, 0.15) is 0 Å². The lowest BCUT2D eigenvalue weighted by molar-refractivity contribution is 0.142. The number of nitrogens with zero attached hydrogens (tertiary/aromatic N) is 4. The lowest BCUT2D eigenvalue weighted by atomic mass is 10.3. The first-order valence-corrected chi connectivity index (χ1v) is 7.55. The number of rotatable bonds is 8. The number of ether oxygens (including phenoxy) is 1. The van der Waals surface area contributed by atoms with Crippen LogP contribution in [-0.2, 0) is 24.8 Å². The second-order valence-electron chi connectivity index (χ2n) is 5.09. The molecule has 0 aliphatic carbocycles. The Kier molecular flexibility index (Phi) is 5.38. The molecule has 0 fully saturated rings. The van der Waals surface area contributed by atoms with Gasteiger partial charge in [-0.15, -0.1) is 0 Å². The normalized spacial score (nSPS) is 11.0. The fraction of sp³-hybridized carbons (Fsp3) is 0.600. The molecule has 0 radical (unpaired) electrons. The van der Waals surface area contributed by atoms with Crippen molar-refractivity contribution in [3.63, 3.8) is 0 Å². The number of imidazole rings is 1. The first-order valence-electron chi connectivity index (χ1n) is 7.55. The molecule has 0 saturated carbocycles. The zero-order valence-electron chi connectivity index (χ0n) is 13.4. The average Bonchev–Trinajstić information content (AvgIpc) is 2.98. The Morgan fingerprint density at radius 2 is 2.10 bits per heavy atom. The summed E-state index contributed by atoms with van der Waals surface area (Å²) in [6, 6.07) is 0. The van der Waals surface area contributed by atoms with Crippen LogP contribution in [0.5, 0.6) is 0 Å². The second kappa shape index (κ2) is 7.26. The van der Waals surface area contributed by atoms with E-state index >= 15 is 0 Å². The molecule has 0 aliphatic rings. The van der Waals surface area contributed by atoms with E-state index in [4.69, 9.17) is 4.74 Å². The molecule has 2 aromatic rings. The van der Waals surface area contributed by atoms with E-state index in [2.05, 4.69) is 33.1 Å². The summed E-state index contributed by atoms with van der Waals surface area (Å²) >= 11 is 0. The summed E-state index contributed by atoms with van der Waals surface area (Å²) in [6.07, 6.45) is 5.93. The van der Waals surface area contributed by atoms with Crippen molar-refractivity contribution in [1.29, 1.82) is 0 Å². The van der Waals surface area contributed by atoms with Gasteiger partial charge in [-0.3, -0.25) is 4.68 Å². The highest BCUT2D eigenvalue weighted by Crippen LogP contribution is 2.20. The van der Waals surface area contributed by atoms with Crippen LogP contribution in [-0.4, -0.2) is 32.5 Å². The average molecular weight is 291 g/mol. The Balaban J connectivity index is 2.08. The van der Waals surface area contributed by atoms with Crippen LogP contribution in [0.4, 0.5) is 11.6 Å². The first-order chi connectivity index (χ1) is 10.1. The Bertz CT molecular complexity index is 573. The molecular formula is C15H25N5O. The van der Waals surface area contributed by atoms with Crippen LogP contribution >= 0.6 is 0 Å². The molecule has 0 amide bonds. The van der Waals surface area contributed by atoms with E-state index in [9.17, 15) is 0 Å². The number of hydrogen-bond acceptors (Lipinski definition) is 4. The molecule has 2 rings (SSSR count). The van der Waals surface area contributed by atoms with Crippen molar-refractivity contribution in [2.45, 2.75) is 40.2 Å². The quantitative estimate of drug-likeness (QED) is 0.760. The third-order valence-electron chi connectivity index (χ3n) is 3.28. The second-order valence-corrected chi connectivity index (χ2v) is 5.09. The maximum atomic E-state index is 5.39. The maximum absolute atomic E-state index is 5.39. The molecule has 0 atom stereocenters. The third-order valence-corrected chi connectivity index (χ3v) is 3.28. The van der Waals surface area contributed by atoms with Gasteiger partial charge in [-0.05, 0) is 26.7 Å². The molecule has 0 aromatic carbocycles. The summed E-state index contributed by atoms with van der Waals surface area (Å²) in [4.78, 5) is 4.56. The van der Waals surface area contributed by atoms with Crippen molar-refractivity contribution in [2.24, 2.45) is 7.05 Å². The van der Waals surface area contributed by atoms with Crippen LogP contribution in [0.1, 0.15) is 31.7 Å². The maximum Gasteiger partial charge on any atom is 0.207 e. The van der Waals surface area contributed by atoms with Crippen molar-refractivity contribution in [3.8, 4) is 0 Å². The fourth-order valence-corrected chi connectivity index (χ4v) is 2.32. The summed E-state index contributed by atoms with van der Waals surface area (Å²) in [5, 5.41) is 7.85. The van der Waals surface area contributed by atoms with Crippen LogP contribution < -0.4 is 5.32 Å². The van der Waals surface area contributed by atoms with Gasteiger partial charge < -0.3 is 14.6 Å². The van der Waals surface area contributed by atoms with Gasteiger partial charge in [0.15, 0.2) is 0 Å². The monoisotopic (exact) mass is 291 g/mol. The smallest absolute Gasteiger partial charge is 0.207 e. The Labute approximate surface area is 126 Å². The molecule has 0 saturated heterocycles. The van der Waals surface area contributed by atoms with Gasteiger partial charge in [0.2, 0.25) is 5.95 Å². The molecule has 6 heteroatoms. The molecule has 0 aliphatic heterocycles. The summed E-state index contributed by atoms with van der Waals surface area (Å²) in [7, 11) is 1.93. The van der Waals surface area contributed by atoms with Gasteiger partial charge in [-0.2, -0.15) is 5.10 Å². The summed E-state index contributed by atoms with van der Waals surface area (Å²) in [6.45, 7) is 8.57. The molecule has 0 bridgehead atoms. The molecule has 0 unspecified atom stereocenters. The Hall–Kier alpha value is -1.82. The van der Waals surface area contributed by atoms with Gasteiger partial charge in [-0.1, -0.05) is 6.92 Å². The Morgan fingerprint density at radius 3 is 2.81 bits per heavy atom. The molecule has 6 nitrogen and oxygen atoms in total. The predicted octanol–water partition coefficient (Wildman–Crippen LogP) is 2.66. The standard InChI is InChI=1S/C15H25N5O/c1-5-13-14(11-19(4)18-13)17-15-16-12(3)10-20(15)8-7-9-21-6-2/h10-11H,5-9H2,1-4H3,(H,16,17). The SMILES string of the molecule is CCOCCCn1cc(C)nc1Nc1cn(C)nc1CC. The van der Waals surface area contributed by atoms with E-state index in [1.807, 2.05) is 31.8 Å². The molecule has 2 aromatic heterocycles. The van der Waals surface area contributed by atoms with Crippen LogP contribution in [0.25, 0.3) is 0 Å². The minimum Gasteiger partial charge on any atom is -0.382 e. The van der Waals surface area contributed by atoms with Gasteiger partial charge in [0.25, 0.3) is 0 Å². The molecule has 1 N–H and O–H groups in total. The number of hydrogen-bond donors (Lipinski definition) is 1. The fourth-order valence-electron chi connectivity index (χ4n) is 2.32. The summed E-state index contributed by atoms with van der Waals surface area (Å²) in [5.41, 5.74) is 3.09. The van der Waals surface area contributed by atoms with Crippen molar-refractivity contribution < 1.29 is 4.74 Å². The van der Waals surface area contributed by atoms with Gasteiger partial charge in [0, 0.05) is 39.2 Å². The predicted molar refractivity (Wildman–Crippen MR) is 83.9 cm³/mol. The zero-order chi connectivity index (χ0) is 15.2. The van der Waals surface area contributed by atoms with Crippen LogP contribution in [0, 0.1) is 6.92 Å². The van der Waals surface area contributed by atoms with Crippen molar-refractivity contribution >= 4 is 11.6 Å².